The van der Waals surface area contributed by atoms with Crippen molar-refractivity contribution in [2.45, 2.75) is 51.6 Å². The van der Waals surface area contributed by atoms with Crippen LogP contribution in [0.5, 0.6) is 11.5 Å². The number of benzene rings is 1. The first-order valence-corrected chi connectivity index (χ1v) is 7.62. The molecule has 1 aliphatic carbocycles. The first kappa shape index (κ1) is 15.2. The van der Waals surface area contributed by atoms with E-state index in [0.29, 0.717) is 12.1 Å². The molecule has 112 valence electrons. The Hall–Kier alpha value is -1.22. The zero-order valence-corrected chi connectivity index (χ0v) is 13.1. The van der Waals surface area contributed by atoms with E-state index in [0.717, 1.165) is 17.4 Å². The van der Waals surface area contributed by atoms with Gasteiger partial charge in [0.2, 0.25) is 0 Å². The van der Waals surface area contributed by atoms with Crippen LogP contribution in [0.4, 0.5) is 0 Å². The molecule has 2 rings (SSSR count). The molecule has 0 saturated heterocycles. The maximum Gasteiger partial charge on any atom is 0.161 e. The minimum absolute atomic E-state index is 0.341. The van der Waals surface area contributed by atoms with Crippen LogP contribution in [0.15, 0.2) is 18.2 Å². The molecule has 0 bridgehead atoms. The molecule has 1 aliphatic rings. The second kappa shape index (κ2) is 6.98. The van der Waals surface area contributed by atoms with Gasteiger partial charge in [-0.3, -0.25) is 0 Å². The SMILES string of the molecule is COc1ccc(C(C)NC2CCC(C)CC2)cc1OC. The second-order valence-corrected chi connectivity index (χ2v) is 5.96. The van der Waals surface area contributed by atoms with Crippen molar-refractivity contribution in [3.63, 3.8) is 0 Å². The number of ether oxygens (including phenoxy) is 2. The van der Waals surface area contributed by atoms with Crippen LogP contribution in [0.25, 0.3) is 0 Å². The Bertz CT molecular complexity index is 425. The lowest BCUT2D eigenvalue weighted by Crippen LogP contribution is -2.34. The maximum atomic E-state index is 5.38. The van der Waals surface area contributed by atoms with Gasteiger partial charge in [-0.05, 0) is 56.2 Å². The summed E-state index contributed by atoms with van der Waals surface area (Å²) in [5.41, 5.74) is 1.25. The Morgan fingerprint density at radius 2 is 1.70 bits per heavy atom. The highest BCUT2D eigenvalue weighted by atomic mass is 16.5. The number of hydrogen-bond acceptors (Lipinski definition) is 3. The maximum absolute atomic E-state index is 5.38. The molecule has 3 nitrogen and oxygen atoms in total. The molecule has 0 amide bonds. The molecule has 3 heteroatoms. The highest BCUT2D eigenvalue weighted by Crippen LogP contribution is 2.31. The summed E-state index contributed by atoms with van der Waals surface area (Å²) in [5, 5.41) is 3.75. The van der Waals surface area contributed by atoms with Gasteiger partial charge in [0.15, 0.2) is 11.5 Å². The fraction of sp³-hybridized carbons (Fsp3) is 0.647. The highest BCUT2D eigenvalue weighted by molar-refractivity contribution is 5.43. The lowest BCUT2D eigenvalue weighted by atomic mass is 9.87. The van der Waals surface area contributed by atoms with Gasteiger partial charge in [-0.15, -0.1) is 0 Å². The monoisotopic (exact) mass is 277 g/mol. The predicted octanol–water partition coefficient (Wildman–Crippen LogP) is 3.93. The summed E-state index contributed by atoms with van der Waals surface area (Å²) >= 11 is 0. The topological polar surface area (TPSA) is 30.5 Å². The van der Waals surface area contributed by atoms with E-state index in [2.05, 4.69) is 31.3 Å². The Morgan fingerprint density at radius 1 is 1.05 bits per heavy atom. The molecule has 20 heavy (non-hydrogen) atoms. The number of nitrogens with one attached hydrogen (secondary N) is 1. The molecule has 0 aliphatic heterocycles. The van der Waals surface area contributed by atoms with Crippen LogP contribution in [-0.2, 0) is 0 Å². The van der Waals surface area contributed by atoms with Gasteiger partial charge in [0.25, 0.3) is 0 Å². The van der Waals surface area contributed by atoms with Crippen LogP contribution in [0.1, 0.15) is 51.1 Å². The summed E-state index contributed by atoms with van der Waals surface area (Å²) < 4.78 is 10.7. The van der Waals surface area contributed by atoms with Crippen LogP contribution in [0.2, 0.25) is 0 Å². The van der Waals surface area contributed by atoms with Gasteiger partial charge in [-0.1, -0.05) is 13.0 Å². The lowest BCUT2D eigenvalue weighted by molar-refractivity contribution is 0.291. The van der Waals surface area contributed by atoms with Crippen molar-refractivity contribution in [3.8, 4) is 11.5 Å². The van der Waals surface area contributed by atoms with Crippen molar-refractivity contribution in [2.24, 2.45) is 5.92 Å². The Morgan fingerprint density at radius 3 is 2.30 bits per heavy atom. The van der Waals surface area contributed by atoms with Crippen molar-refractivity contribution < 1.29 is 9.47 Å². The lowest BCUT2D eigenvalue weighted by Gasteiger charge is -2.30. The average Bonchev–Trinajstić information content (AvgIpc) is 2.48. The summed E-state index contributed by atoms with van der Waals surface area (Å²) in [6, 6.07) is 7.16. The number of rotatable bonds is 5. The first-order chi connectivity index (χ1) is 9.63. The zero-order chi connectivity index (χ0) is 14.5. The summed E-state index contributed by atoms with van der Waals surface area (Å²) in [6.45, 7) is 4.58. The third-order valence-corrected chi connectivity index (χ3v) is 4.41. The van der Waals surface area contributed by atoms with Crippen molar-refractivity contribution in [1.82, 2.24) is 5.32 Å². The molecular formula is C17H27NO2. The largest absolute Gasteiger partial charge is 0.493 e. The van der Waals surface area contributed by atoms with Gasteiger partial charge < -0.3 is 14.8 Å². The predicted molar refractivity (Wildman–Crippen MR) is 82.5 cm³/mol. The third-order valence-electron chi connectivity index (χ3n) is 4.41. The molecule has 1 fully saturated rings. The molecule has 1 aromatic carbocycles. The molecule has 1 saturated carbocycles. The number of hydrogen-bond donors (Lipinski definition) is 1. The van der Waals surface area contributed by atoms with Crippen molar-refractivity contribution in [3.05, 3.63) is 23.8 Å². The van der Waals surface area contributed by atoms with Crippen LogP contribution in [0.3, 0.4) is 0 Å². The van der Waals surface area contributed by atoms with Crippen LogP contribution in [0, 0.1) is 5.92 Å². The standard InChI is InChI=1S/C17H27NO2/c1-12-5-8-15(9-6-12)18-13(2)14-7-10-16(19-3)17(11-14)20-4/h7,10-13,15,18H,5-6,8-9H2,1-4H3. The summed E-state index contributed by atoms with van der Waals surface area (Å²) in [6.07, 6.45) is 5.27. The third kappa shape index (κ3) is 3.66. The van der Waals surface area contributed by atoms with Gasteiger partial charge >= 0.3 is 0 Å². The molecule has 1 N–H and O–H groups in total. The quantitative estimate of drug-likeness (QED) is 0.884. The minimum atomic E-state index is 0.341. The van der Waals surface area contributed by atoms with Crippen molar-refractivity contribution in [2.75, 3.05) is 14.2 Å². The van der Waals surface area contributed by atoms with Gasteiger partial charge in [-0.2, -0.15) is 0 Å². The second-order valence-electron chi connectivity index (χ2n) is 5.96. The van der Waals surface area contributed by atoms with Gasteiger partial charge in [-0.25, -0.2) is 0 Å². The zero-order valence-electron chi connectivity index (χ0n) is 13.1. The van der Waals surface area contributed by atoms with E-state index in [9.17, 15) is 0 Å². The van der Waals surface area contributed by atoms with E-state index in [4.69, 9.17) is 9.47 Å². The minimum Gasteiger partial charge on any atom is -0.493 e. The fourth-order valence-electron chi connectivity index (χ4n) is 3.00. The van der Waals surface area contributed by atoms with Gasteiger partial charge in [0.05, 0.1) is 14.2 Å². The van der Waals surface area contributed by atoms with Crippen molar-refractivity contribution >= 4 is 0 Å². The molecule has 1 unspecified atom stereocenters. The van der Waals surface area contributed by atoms with E-state index in [-0.39, 0.29) is 0 Å². The molecule has 1 aromatic rings. The molecular weight excluding hydrogens is 250 g/mol. The van der Waals surface area contributed by atoms with E-state index in [1.54, 1.807) is 14.2 Å². The summed E-state index contributed by atoms with van der Waals surface area (Å²) in [4.78, 5) is 0. The van der Waals surface area contributed by atoms with Gasteiger partial charge in [0.1, 0.15) is 0 Å². The smallest absolute Gasteiger partial charge is 0.161 e. The van der Waals surface area contributed by atoms with Crippen LogP contribution in [-0.4, -0.2) is 20.3 Å². The molecule has 0 heterocycles. The number of methoxy groups -OCH3 is 2. The average molecular weight is 277 g/mol. The Kier molecular flexibility index (Phi) is 5.30. The highest BCUT2D eigenvalue weighted by Gasteiger charge is 2.20. The normalized spacial score (nSPS) is 24.2. The molecule has 0 aromatic heterocycles. The summed E-state index contributed by atoms with van der Waals surface area (Å²) in [5.74, 6) is 2.48. The first-order valence-electron chi connectivity index (χ1n) is 7.62. The summed E-state index contributed by atoms with van der Waals surface area (Å²) in [7, 11) is 3.35. The van der Waals surface area contributed by atoms with Gasteiger partial charge in [0, 0.05) is 12.1 Å². The fourth-order valence-corrected chi connectivity index (χ4v) is 3.00. The van der Waals surface area contributed by atoms with Crippen molar-refractivity contribution in [1.29, 1.82) is 0 Å². The van der Waals surface area contributed by atoms with E-state index < -0.39 is 0 Å². The van der Waals surface area contributed by atoms with E-state index in [1.165, 1.54) is 31.2 Å². The molecule has 0 radical (unpaired) electrons. The Labute approximate surface area is 122 Å². The van der Waals surface area contributed by atoms with Crippen LogP contribution < -0.4 is 14.8 Å². The van der Waals surface area contributed by atoms with E-state index >= 15 is 0 Å². The van der Waals surface area contributed by atoms with Crippen LogP contribution >= 0.6 is 0 Å². The molecule has 1 atom stereocenters. The Balaban J connectivity index is 2.00. The molecule has 0 spiro atoms. The van der Waals surface area contributed by atoms with E-state index in [1.807, 2.05) is 6.07 Å².